The molecule has 2 fully saturated rings. The Morgan fingerprint density at radius 1 is 1.29 bits per heavy atom. The Hall–Kier alpha value is -1.33. The second kappa shape index (κ2) is 6.89. The predicted molar refractivity (Wildman–Crippen MR) is 86.0 cm³/mol. The van der Waals surface area contributed by atoms with Gasteiger partial charge in [-0.05, 0) is 30.7 Å². The average Bonchev–Trinajstić information content (AvgIpc) is 2.83. The summed E-state index contributed by atoms with van der Waals surface area (Å²) in [6.07, 6.45) is 0.307. The first-order chi connectivity index (χ1) is 10.8. The summed E-state index contributed by atoms with van der Waals surface area (Å²) in [6.45, 7) is 0.191. The molecule has 2 aliphatic heterocycles. The number of rotatable bonds is 4. The molecule has 2 atom stereocenters. The zero-order chi connectivity index (χ0) is 16.8. The Kier molecular flexibility index (Phi) is 5.45. The number of likely N-dealkylation sites (tertiary alicyclic amines) is 1. The summed E-state index contributed by atoms with van der Waals surface area (Å²) < 4.78 is 31.6. The molecule has 3 N–H and O–H groups in total. The van der Waals surface area contributed by atoms with Crippen molar-refractivity contribution in [1.82, 2.24) is 9.21 Å². The topological polar surface area (TPSA) is 127 Å². The molecule has 11 heteroatoms. The molecule has 2 amide bonds. The summed E-state index contributed by atoms with van der Waals surface area (Å²) in [5.41, 5.74) is 0.631. The minimum absolute atomic E-state index is 0. The van der Waals surface area contributed by atoms with E-state index in [9.17, 15) is 23.1 Å². The van der Waals surface area contributed by atoms with E-state index in [-0.39, 0.29) is 54.3 Å². The van der Waals surface area contributed by atoms with E-state index in [0.29, 0.717) is 16.4 Å². The van der Waals surface area contributed by atoms with E-state index in [0.717, 1.165) is 0 Å². The Morgan fingerprint density at radius 2 is 1.92 bits per heavy atom. The van der Waals surface area contributed by atoms with Crippen molar-refractivity contribution in [2.45, 2.75) is 18.5 Å². The predicted octanol–water partition coefficient (Wildman–Crippen LogP) is -1.23. The SMILES string of the molecule is O=C(CNc1ccc(O)cc1)N1CC[C@@H]2[C@H]1C(=O)N2S(=O)(=O)O.[NaH]. The third kappa shape index (κ3) is 3.38. The van der Waals surface area contributed by atoms with Crippen molar-refractivity contribution in [2.75, 3.05) is 18.4 Å². The van der Waals surface area contributed by atoms with E-state index in [4.69, 9.17) is 4.55 Å². The molecule has 2 heterocycles. The summed E-state index contributed by atoms with van der Waals surface area (Å²) in [7, 11) is -4.57. The number of hydrogen-bond acceptors (Lipinski definition) is 6. The van der Waals surface area contributed by atoms with E-state index in [2.05, 4.69) is 5.32 Å². The molecule has 3 rings (SSSR count). The van der Waals surface area contributed by atoms with Crippen LogP contribution in [0.5, 0.6) is 5.75 Å². The quantitative estimate of drug-likeness (QED) is 0.264. The van der Waals surface area contributed by atoms with Crippen LogP contribution in [0.15, 0.2) is 24.3 Å². The van der Waals surface area contributed by atoms with Gasteiger partial charge >= 0.3 is 39.9 Å². The van der Waals surface area contributed by atoms with Gasteiger partial charge in [0.25, 0.3) is 5.91 Å². The summed E-state index contributed by atoms with van der Waals surface area (Å²) in [4.78, 5) is 25.4. The third-order valence-corrected chi connectivity index (χ3v) is 4.97. The van der Waals surface area contributed by atoms with Crippen LogP contribution in [0.4, 0.5) is 5.69 Å². The molecular weight excluding hydrogens is 349 g/mol. The summed E-state index contributed by atoms with van der Waals surface area (Å²) in [5, 5.41) is 12.1. The summed E-state index contributed by atoms with van der Waals surface area (Å²) in [5.74, 6) is -1.02. The molecule has 0 aliphatic carbocycles. The van der Waals surface area contributed by atoms with Gasteiger partial charge in [-0.1, -0.05) is 0 Å². The first-order valence-electron chi connectivity index (χ1n) is 6.92. The van der Waals surface area contributed by atoms with Gasteiger partial charge < -0.3 is 15.3 Å². The molecule has 0 spiro atoms. The van der Waals surface area contributed by atoms with Crippen LogP contribution in [0.3, 0.4) is 0 Å². The number of anilines is 1. The zero-order valence-corrected chi connectivity index (χ0v) is 12.7. The zero-order valence-electron chi connectivity index (χ0n) is 11.9. The fourth-order valence-corrected chi connectivity index (χ4v) is 3.85. The van der Waals surface area contributed by atoms with Crippen molar-refractivity contribution in [3.8, 4) is 5.75 Å². The first kappa shape index (κ1) is 19.0. The van der Waals surface area contributed by atoms with Crippen LogP contribution in [-0.2, 0) is 19.9 Å². The van der Waals surface area contributed by atoms with Gasteiger partial charge in [0.1, 0.15) is 11.8 Å². The van der Waals surface area contributed by atoms with Gasteiger partial charge in [-0.2, -0.15) is 8.42 Å². The molecule has 126 valence electrons. The standard InChI is InChI=1S/C13H15N3O6S.Na.H/c17-9-3-1-8(2-4-9)14-7-11(18)15-6-5-10-12(15)13(19)16(10)23(20,21)22;;/h1-4,10,12,14,17H,5-7H2,(H,20,21,22);;/t10-,12+;;/m1../s1. The maximum absolute atomic E-state index is 12.2. The number of β-lactam (4-membered cyclic amide) rings is 1. The molecule has 0 unspecified atom stereocenters. The van der Waals surface area contributed by atoms with E-state index < -0.39 is 28.3 Å². The van der Waals surface area contributed by atoms with Gasteiger partial charge in [-0.3, -0.25) is 14.1 Å². The number of fused-ring (bicyclic) bond motifs is 1. The molecule has 24 heavy (non-hydrogen) atoms. The number of nitrogens with one attached hydrogen (secondary N) is 1. The summed E-state index contributed by atoms with van der Waals surface area (Å²) >= 11 is 0. The summed E-state index contributed by atoms with van der Waals surface area (Å²) in [6, 6.07) is 4.63. The molecule has 0 radical (unpaired) electrons. The van der Waals surface area contributed by atoms with E-state index >= 15 is 0 Å². The Balaban J connectivity index is 0.00000208. The number of carbonyl (C=O) groups excluding carboxylic acids is 2. The van der Waals surface area contributed by atoms with Crippen molar-refractivity contribution >= 4 is 57.4 Å². The van der Waals surface area contributed by atoms with E-state index in [1.54, 1.807) is 12.1 Å². The van der Waals surface area contributed by atoms with Crippen molar-refractivity contribution < 1.29 is 27.7 Å². The number of hydrogen-bond donors (Lipinski definition) is 3. The molecule has 0 saturated carbocycles. The number of benzene rings is 1. The molecule has 0 bridgehead atoms. The molecule has 9 nitrogen and oxygen atoms in total. The van der Waals surface area contributed by atoms with Crippen molar-refractivity contribution in [2.24, 2.45) is 0 Å². The van der Waals surface area contributed by atoms with Crippen LogP contribution in [-0.4, -0.2) is 93.8 Å². The van der Waals surface area contributed by atoms with Gasteiger partial charge in [0.15, 0.2) is 0 Å². The molecular formula is C13H16N3NaO6S. The number of amides is 2. The molecule has 0 aromatic heterocycles. The van der Waals surface area contributed by atoms with Gasteiger partial charge in [0, 0.05) is 12.2 Å². The molecule has 1 aromatic carbocycles. The Bertz CT molecular complexity index is 753. The van der Waals surface area contributed by atoms with Crippen LogP contribution in [0.2, 0.25) is 0 Å². The van der Waals surface area contributed by atoms with Crippen LogP contribution in [0.25, 0.3) is 0 Å². The fraction of sp³-hybridized carbons (Fsp3) is 0.385. The molecule has 2 saturated heterocycles. The average molecular weight is 365 g/mol. The fourth-order valence-electron chi connectivity index (χ4n) is 2.95. The van der Waals surface area contributed by atoms with Crippen LogP contribution in [0, 0.1) is 0 Å². The van der Waals surface area contributed by atoms with Gasteiger partial charge in [-0.25, -0.2) is 4.31 Å². The van der Waals surface area contributed by atoms with Crippen molar-refractivity contribution in [3.63, 3.8) is 0 Å². The van der Waals surface area contributed by atoms with Gasteiger partial charge in [0.05, 0.1) is 12.6 Å². The van der Waals surface area contributed by atoms with E-state index in [1.807, 2.05) is 0 Å². The minimum atomic E-state index is -4.57. The Morgan fingerprint density at radius 3 is 2.50 bits per heavy atom. The number of carbonyl (C=O) groups is 2. The van der Waals surface area contributed by atoms with Crippen molar-refractivity contribution in [1.29, 1.82) is 0 Å². The second-order valence-corrected chi connectivity index (χ2v) is 6.69. The normalized spacial score (nSPS) is 22.5. The van der Waals surface area contributed by atoms with Gasteiger partial charge in [-0.15, -0.1) is 0 Å². The number of phenols is 1. The number of aromatic hydroxyl groups is 1. The number of phenolic OH excluding ortho intramolecular Hbond substituents is 1. The van der Waals surface area contributed by atoms with Crippen LogP contribution >= 0.6 is 0 Å². The number of nitrogens with zero attached hydrogens (tertiary/aromatic N) is 2. The monoisotopic (exact) mass is 365 g/mol. The van der Waals surface area contributed by atoms with Gasteiger partial charge in [0.2, 0.25) is 5.91 Å². The third-order valence-electron chi connectivity index (χ3n) is 4.02. The maximum atomic E-state index is 12.2. The van der Waals surface area contributed by atoms with Crippen LogP contribution in [0.1, 0.15) is 6.42 Å². The molecule has 1 aromatic rings. The first-order valence-corrected chi connectivity index (χ1v) is 8.32. The molecule has 2 aliphatic rings. The van der Waals surface area contributed by atoms with Crippen LogP contribution < -0.4 is 5.32 Å². The van der Waals surface area contributed by atoms with E-state index in [1.165, 1.54) is 17.0 Å². The second-order valence-electron chi connectivity index (χ2n) is 5.40. The Labute approximate surface area is 160 Å². The van der Waals surface area contributed by atoms with Crippen molar-refractivity contribution in [3.05, 3.63) is 24.3 Å².